The van der Waals surface area contributed by atoms with Crippen LogP contribution in [-0.2, 0) is 13.6 Å². The number of nitrogens with one attached hydrogen (secondary N) is 1. The fourth-order valence-corrected chi connectivity index (χ4v) is 3.10. The molecule has 19 heavy (non-hydrogen) atoms. The molecule has 0 spiro atoms. The SMILES string of the molecule is Cc1nn(C)c(Cl)c1CNCC(O)c1ccc(Cl)s1. The van der Waals surface area contributed by atoms with Crippen molar-refractivity contribution in [2.45, 2.75) is 19.6 Å². The summed E-state index contributed by atoms with van der Waals surface area (Å²) in [5.41, 5.74) is 1.86. The molecule has 0 aliphatic heterocycles. The smallest absolute Gasteiger partial charge is 0.131 e. The minimum atomic E-state index is -0.562. The number of aryl methyl sites for hydroxylation is 2. The van der Waals surface area contributed by atoms with E-state index in [-0.39, 0.29) is 0 Å². The van der Waals surface area contributed by atoms with E-state index in [9.17, 15) is 5.11 Å². The van der Waals surface area contributed by atoms with E-state index in [1.165, 1.54) is 11.3 Å². The van der Waals surface area contributed by atoms with Crippen LogP contribution in [0.15, 0.2) is 12.1 Å². The standard InChI is InChI=1S/C12H15Cl2N3OS/c1-7-8(12(14)17(2)16-7)5-15-6-9(18)10-3-4-11(13)19-10/h3-4,9,15,18H,5-6H2,1-2H3. The number of hydrogen-bond acceptors (Lipinski definition) is 4. The molecule has 0 saturated heterocycles. The van der Waals surface area contributed by atoms with Gasteiger partial charge in [0.25, 0.3) is 0 Å². The van der Waals surface area contributed by atoms with Gasteiger partial charge in [-0.1, -0.05) is 23.2 Å². The molecular formula is C12H15Cl2N3OS. The van der Waals surface area contributed by atoms with E-state index < -0.39 is 6.10 Å². The monoisotopic (exact) mass is 319 g/mol. The Morgan fingerprint density at radius 1 is 1.47 bits per heavy atom. The lowest BCUT2D eigenvalue weighted by Crippen LogP contribution is -2.20. The van der Waals surface area contributed by atoms with Crippen LogP contribution in [0.4, 0.5) is 0 Å². The third-order valence-electron chi connectivity index (χ3n) is 2.83. The van der Waals surface area contributed by atoms with Gasteiger partial charge in [0, 0.05) is 30.6 Å². The summed E-state index contributed by atoms with van der Waals surface area (Å²) in [7, 11) is 1.81. The lowest BCUT2D eigenvalue weighted by molar-refractivity contribution is 0.178. The minimum Gasteiger partial charge on any atom is -0.386 e. The summed E-state index contributed by atoms with van der Waals surface area (Å²) >= 11 is 13.4. The lowest BCUT2D eigenvalue weighted by Gasteiger charge is -2.10. The Hall–Kier alpha value is -0.590. The van der Waals surface area contributed by atoms with Crippen molar-refractivity contribution in [2.75, 3.05) is 6.54 Å². The van der Waals surface area contributed by atoms with E-state index in [0.29, 0.717) is 22.6 Å². The number of hydrogen-bond donors (Lipinski definition) is 2. The van der Waals surface area contributed by atoms with Crippen molar-refractivity contribution in [2.24, 2.45) is 7.05 Å². The van der Waals surface area contributed by atoms with Gasteiger partial charge in [-0.2, -0.15) is 5.10 Å². The Balaban J connectivity index is 1.90. The molecular weight excluding hydrogens is 305 g/mol. The number of rotatable bonds is 5. The van der Waals surface area contributed by atoms with Crippen LogP contribution < -0.4 is 5.32 Å². The van der Waals surface area contributed by atoms with Gasteiger partial charge < -0.3 is 10.4 Å². The molecule has 104 valence electrons. The van der Waals surface area contributed by atoms with Gasteiger partial charge in [-0.15, -0.1) is 11.3 Å². The second-order valence-electron chi connectivity index (χ2n) is 4.27. The van der Waals surface area contributed by atoms with Crippen LogP contribution >= 0.6 is 34.5 Å². The molecule has 0 bridgehead atoms. The molecule has 0 fully saturated rings. The highest BCUT2D eigenvalue weighted by Gasteiger charge is 2.13. The fraction of sp³-hybridized carbons (Fsp3) is 0.417. The predicted molar refractivity (Wildman–Crippen MR) is 79.0 cm³/mol. The molecule has 0 saturated carbocycles. The number of nitrogens with zero attached hydrogens (tertiary/aromatic N) is 2. The molecule has 2 rings (SSSR count). The van der Waals surface area contributed by atoms with Crippen molar-refractivity contribution < 1.29 is 5.11 Å². The average Bonchev–Trinajstić information content (AvgIpc) is 2.88. The lowest BCUT2D eigenvalue weighted by atomic mass is 10.2. The van der Waals surface area contributed by atoms with Crippen LogP contribution in [0, 0.1) is 6.92 Å². The number of aromatic nitrogens is 2. The zero-order valence-electron chi connectivity index (χ0n) is 10.7. The van der Waals surface area contributed by atoms with Crippen LogP contribution in [0.25, 0.3) is 0 Å². The van der Waals surface area contributed by atoms with Crippen LogP contribution in [0.2, 0.25) is 9.49 Å². The molecule has 2 heterocycles. The van der Waals surface area contributed by atoms with Crippen molar-refractivity contribution >= 4 is 34.5 Å². The summed E-state index contributed by atoms with van der Waals surface area (Å²) in [5, 5.41) is 18.0. The van der Waals surface area contributed by atoms with Crippen LogP contribution in [0.1, 0.15) is 22.2 Å². The zero-order chi connectivity index (χ0) is 14.0. The van der Waals surface area contributed by atoms with Crippen molar-refractivity contribution in [1.82, 2.24) is 15.1 Å². The molecule has 0 aliphatic carbocycles. The Bertz CT molecular complexity index is 567. The van der Waals surface area contributed by atoms with E-state index in [4.69, 9.17) is 23.2 Å². The first kappa shape index (κ1) is 14.8. The molecule has 0 aromatic carbocycles. The van der Waals surface area contributed by atoms with E-state index in [0.717, 1.165) is 16.1 Å². The highest BCUT2D eigenvalue weighted by Crippen LogP contribution is 2.26. The van der Waals surface area contributed by atoms with Crippen LogP contribution in [-0.4, -0.2) is 21.4 Å². The Morgan fingerprint density at radius 2 is 2.21 bits per heavy atom. The second-order valence-corrected chi connectivity index (χ2v) is 6.37. The third-order valence-corrected chi connectivity index (χ3v) is 4.64. The topological polar surface area (TPSA) is 50.1 Å². The summed E-state index contributed by atoms with van der Waals surface area (Å²) in [6, 6.07) is 3.62. The quantitative estimate of drug-likeness (QED) is 0.890. The minimum absolute atomic E-state index is 0.446. The molecule has 0 radical (unpaired) electrons. The maximum atomic E-state index is 9.99. The molecule has 7 heteroatoms. The number of aliphatic hydroxyl groups excluding tert-OH is 1. The summed E-state index contributed by atoms with van der Waals surface area (Å²) in [6.45, 7) is 2.94. The van der Waals surface area contributed by atoms with Gasteiger partial charge in [-0.05, 0) is 19.1 Å². The summed E-state index contributed by atoms with van der Waals surface area (Å²) in [5.74, 6) is 0. The molecule has 2 aromatic rings. The maximum Gasteiger partial charge on any atom is 0.131 e. The van der Waals surface area contributed by atoms with Crippen molar-refractivity contribution in [1.29, 1.82) is 0 Å². The highest BCUT2D eigenvalue weighted by atomic mass is 35.5. The first-order valence-corrected chi connectivity index (χ1v) is 7.38. The first-order chi connectivity index (χ1) is 8.99. The van der Waals surface area contributed by atoms with Crippen molar-refractivity contribution in [3.05, 3.63) is 37.8 Å². The maximum absolute atomic E-state index is 9.99. The van der Waals surface area contributed by atoms with Gasteiger partial charge in [0.1, 0.15) is 11.3 Å². The van der Waals surface area contributed by atoms with Crippen molar-refractivity contribution in [3.8, 4) is 0 Å². The van der Waals surface area contributed by atoms with Gasteiger partial charge in [0.2, 0.25) is 0 Å². The average molecular weight is 320 g/mol. The fourth-order valence-electron chi connectivity index (χ4n) is 1.82. The van der Waals surface area contributed by atoms with Crippen LogP contribution in [0.3, 0.4) is 0 Å². The molecule has 2 N–H and O–H groups in total. The van der Waals surface area contributed by atoms with E-state index in [1.54, 1.807) is 17.8 Å². The first-order valence-electron chi connectivity index (χ1n) is 5.81. The Morgan fingerprint density at radius 3 is 2.74 bits per heavy atom. The predicted octanol–water partition coefficient (Wildman–Crippen LogP) is 2.92. The Labute approximate surface area is 126 Å². The number of thiophene rings is 1. The molecule has 1 unspecified atom stereocenters. The summed E-state index contributed by atoms with van der Waals surface area (Å²) in [4.78, 5) is 0.853. The number of aliphatic hydroxyl groups is 1. The van der Waals surface area contributed by atoms with Gasteiger partial charge in [0.05, 0.1) is 10.0 Å². The second kappa shape index (κ2) is 6.24. The van der Waals surface area contributed by atoms with Gasteiger partial charge in [-0.3, -0.25) is 4.68 Å². The van der Waals surface area contributed by atoms with Crippen molar-refractivity contribution in [3.63, 3.8) is 0 Å². The largest absolute Gasteiger partial charge is 0.386 e. The molecule has 0 aliphatic rings. The molecule has 2 aromatic heterocycles. The van der Waals surface area contributed by atoms with E-state index in [1.807, 2.05) is 13.0 Å². The summed E-state index contributed by atoms with van der Waals surface area (Å²) in [6.07, 6.45) is -0.562. The zero-order valence-corrected chi connectivity index (χ0v) is 13.0. The van der Waals surface area contributed by atoms with Gasteiger partial charge >= 0.3 is 0 Å². The van der Waals surface area contributed by atoms with Crippen LogP contribution in [0.5, 0.6) is 0 Å². The van der Waals surface area contributed by atoms with Gasteiger partial charge in [-0.25, -0.2) is 0 Å². The van der Waals surface area contributed by atoms with E-state index in [2.05, 4.69) is 10.4 Å². The highest BCUT2D eigenvalue weighted by molar-refractivity contribution is 7.16. The third kappa shape index (κ3) is 3.49. The molecule has 4 nitrogen and oxygen atoms in total. The number of halogens is 2. The Kier molecular flexibility index (Phi) is 4.86. The van der Waals surface area contributed by atoms with E-state index >= 15 is 0 Å². The van der Waals surface area contributed by atoms with Gasteiger partial charge in [0.15, 0.2) is 0 Å². The summed E-state index contributed by atoms with van der Waals surface area (Å²) < 4.78 is 2.32. The molecule has 0 amide bonds. The molecule has 1 atom stereocenters. The normalized spacial score (nSPS) is 12.9.